The van der Waals surface area contributed by atoms with E-state index in [1.54, 1.807) is 12.1 Å². The molecule has 2 aromatic carbocycles. The molecule has 0 bridgehead atoms. The van der Waals surface area contributed by atoms with E-state index >= 15 is 0 Å². The third-order valence-electron chi connectivity index (χ3n) is 4.14. The summed E-state index contributed by atoms with van der Waals surface area (Å²) in [5.74, 6) is 0.324. The number of rotatable bonds is 2. The van der Waals surface area contributed by atoms with Crippen molar-refractivity contribution in [1.82, 2.24) is 0 Å². The average Bonchev–Trinajstić information content (AvgIpc) is 2.46. The van der Waals surface area contributed by atoms with E-state index in [1.165, 1.54) is 5.56 Å². The zero-order valence-corrected chi connectivity index (χ0v) is 15.9. The summed E-state index contributed by atoms with van der Waals surface area (Å²) in [6.07, 6.45) is 0. The van der Waals surface area contributed by atoms with Gasteiger partial charge in [-0.1, -0.05) is 71.4 Å². The normalized spacial score (nSPS) is 12.1. The van der Waals surface area contributed by atoms with E-state index in [9.17, 15) is 4.79 Å². The minimum absolute atomic E-state index is 0.0551. The van der Waals surface area contributed by atoms with Crippen LogP contribution >= 0.6 is 0 Å². The molecule has 0 aromatic heterocycles. The van der Waals surface area contributed by atoms with Crippen molar-refractivity contribution in [1.29, 1.82) is 0 Å². The van der Waals surface area contributed by atoms with Gasteiger partial charge in [-0.25, -0.2) is 4.79 Å². The first-order valence-electron chi connectivity index (χ1n) is 8.42. The van der Waals surface area contributed by atoms with Gasteiger partial charge in [0, 0.05) is 5.56 Å². The molecule has 0 saturated carbocycles. The number of aryl methyl sites for hydroxylation is 1. The third kappa shape index (κ3) is 4.25. The Bertz CT molecular complexity index is 726. The van der Waals surface area contributed by atoms with E-state index in [1.807, 2.05) is 31.2 Å². The van der Waals surface area contributed by atoms with E-state index in [0.717, 1.165) is 11.1 Å². The van der Waals surface area contributed by atoms with Crippen LogP contribution < -0.4 is 4.74 Å². The molecule has 2 rings (SSSR count). The number of hydrogen-bond acceptors (Lipinski definition) is 2. The van der Waals surface area contributed by atoms with Gasteiger partial charge in [0.05, 0.1) is 5.56 Å². The van der Waals surface area contributed by atoms with Crippen molar-refractivity contribution < 1.29 is 9.53 Å². The Balaban J connectivity index is 2.39. The fourth-order valence-electron chi connectivity index (χ4n) is 2.52. The van der Waals surface area contributed by atoms with Gasteiger partial charge in [0.1, 0.15) is 5.75 Å². The smallest absolute Gasteiger partial charge is 0.343 e. The quantitative estimate of drug-likeness (QED) is 0.515. The first-order valence-corrected chi connectivity index (χ1v) is 8.42. The van der Waals surface area contributed by atoms with Crippen LogP contribution in [0.2, 0.25) is 0 Å². The summed E-state index contributed by atoms with van der Waals surface area (Å²) in [5.41, 5.74) is 3.93. The largest absolute Gasteiger partial charge is 0.423 e. The molecule has 0 spiro atoms. The SMILES string of the molecule is Cc1ccc(C(=O)Oc2ccc(C(C)(C)C)cc2C(C)(C)C)cc1. The van der Waals surface area contributed by atoms with E-state index in [-0.39, 0.29) is 16.8 Å². The van der Waals surface area contributed by atoms with E-state index in [2.05, 4.69) is 47.6 Å². The summed E-state index contributed by atoms with van der Waals surface area (Å²) in [7, 11) is 0. The lowest BCUT2D eigenvalue weighted by molar-refractivity contribution is 0.0732. The number of carbonyl (C=O) groups excluding carboxylic acids is 1. The first kappa shape index (κ1) is 18.3. The zero-order chi connectivity index (χ0) is 18.1. The van der Waals surface area contributed by atoms with Crippen molar-refractivity contribution in [2.24, 2.45) is 0 Å². The highest BCUT2D eigenvalue weighted by Gasteiger charge is 2.24. The second-order valence-electron chi connectivity index (χ2n) is 8.47. The zero-order valence-electron chi connectivity index (χ0n) is 15.9. The van der Waals surface area contributed by atoms with Gasteiger partial charge >= 0.3 is 5.97 Å². The fourth-order valence-corrected chi connectivity index (χ4v) is 2.52. The molecule has 0 fully saturated rings. The summed E-state index contributed by atoms with van der Waals surface area (Å²) in [5, 5.41) is 0. The van der Waals surface area contributed by atoms with E-state index in [4.69, 9.17) is 4.74 Å². The Labute approximate surface area is 145 Å². The molecule has 24 heavy (non-hydrogen) atoms. The van der Waals surface area contributed by atoms with Crippen molar-refractivity contribution >= 4 is 5.97 Å². The van der Waals surface area contributed by atoms with Gasteiger partial charge in [0.15, 0.2) is 0 Å². The second kappa shape index (κ2) is 6.43. The molecule has 0 N–H and O–H groups in total. The van der Waals surface area contributed by atoms with Crippen LogP contribution in [0.25, 0.3) is 0 Å². The highest BCUT2D eigenvalue weighted by atomic mass is 16.5. The number of carbonyl (C=O) groups is 1. The standard InChI is InChI=1S/C22H28O2/c1-15-8-10-16(11-9-15)20(23)24-19-13-12-17(21(2,3)4)14-18(19)22(5,6)7/h8-14H,1-7H3. The van der Waals surface area contributed by atoms with Crippen LogP contribution in [0.4, 0.5) is 0 Å². The Kier molecular flexibility index (Phi) is 4.89. The highest BCUT2D eigenvalue weighted by molar-refractivity contribution is 5.91. The summed E-state index contributed by atoms with van der Waals surface area (Å²) in [4.78, 5) is 12.5. The van der Waals surface area contributed by atoms with Crippen LogP contribution in [-0.4, -0.2) is 5.97 Å². The van der Waals surface area contributed by atoms with Gasteiger partial charge < -0.3 is 4.74 Å². The molecule has 0 heterocycles. The molecular formula is C22H28O2. The molecule has 0 aliphatic rings. The van der Waals surface area contributed by atoms with Crippen molar-refractivity contribution in [3.05, 3.63) is 64.7 Å². The van der Waals surface area contributed by atoms with Gasteiger partial charge in [-0.15, -0.1) is 0 Å². The molecular weight excluding hydrogens is 296 g/mol. The molecule has 0 aliphatic heterocycles. The summed E-state index contributed by atoms with van der Waals surface area (Å²) < 4.78 is 5.73. The Hall–Kier alpha value is -2.09. The fraction of sp³-hybridized carbons (Fsp3) is 0.409. The molecule has 0 saturated heterocycles. The minimum Gasteiger partial charge on any atom is -0.423 e. The van der Waals surface area contributed by atoms with Crippen molar-refractivity contribution in [2.45, 2.75) is 59.3 Å². The Morgan fingerprint density at radius 2 is 1.42 bits per heavy atom. The van der Waals surface area contributed by atoms with Gasteiger partial charge in [-0.05, 0) is 41.5 Å². The van der Waals surface area contributed by atoms with Crippen LogP contribution in [-0.2, 0) is 10.8 Å². The molecule has 0 atom stereocenters. The topological polar surface area (TPSA) is 26.3 Å². The summed E-state index contributed by atoms with van der Waals surface area (Å²) in [6, 6.07) is 13.6. The highest BCUT2D eigenvalue weighted by Crippen LogP contribution is 2.35. The second-order valence-corrected chi connectivity index (χ2v) is 8.47. The molecule has 2 heteroatoms. The molecule has 2 aromatic rings. The molecule has 0 radical (unpaired) electrons. The van der Waals surface area contributed by atoms with Gasteiger partial charge in [-0.3, -0.25) is 0 Å². The minimum atomic E-state index is -0.316. The van der Waals surface area contributed by atoms with Crippen molar-refractivity contribution in [3.8, 4) is 5.75 Å². The molecule has 128 valence electrons. The summed E-state index contributed by atoms with van der Waals surface area (Å²) >= 11 is 0. The first-order chi connectivity index (χ1) is 11.0. The average molecular weight is 324 g/mol. The molecule has 0 unspecified atom stereocenters. The van der Waals surface area contributed by atoms with Crippen LogP contribution in [0.5, 0.6) is 5.75 Å². The molecule has 2 nitrogen and oxygen atoms in total. The number of benzene rings is 2. The van der Waals surface area contributed by atoms with Crippen LogP contribution in [0.15, 0.2) is 42.5 Å². The number of ether oxygens (including phenoxy) is 1. The number of hydrogen-bond donors (Lipinski definition) is 0. The van der Waals surface area contributed by atoms with Crippen LogP contribution in [0.1, 0.15) is 68.6 Å². The maximum absolute atomic E-state index is 12.5. The van der Waals surface area contributed by atoms with Gasteiger partial charge in [0.25, 0.3) is 0 Å². The lowest BCUT2D eigenvalue weighted by atomic mass is 9.80. The van der Waals surface area contributed by atoms with Gasteiger partial charge in [0.2, 0.25) is 0 Å². The predicted molar refractivity (Wildman–Crippen MR) is 100.0 cm³/mol. The van der Waals surface area contributed by atoms with Crippen molar-refractivity contribution in [3.63, 3.8) is 0 Å². The van der Waals surface area contributed by atoms with Gasteiger partial charge in [-0.2, -0.15) is 0 Å². The lowest BCUT2D eigenvalue weighted by Crippen LogP contribution is -2.19. The maximum atomic E-state index is 12.5. The Morgan fingerprint density at radius 1 is 0.833 bits per heavy atom. The molecule has 0 aliphatic carbocycles. The predicted octanol–water partition coefficient (Wildman–Crippen LogP) is 5.81. The van der Waals surface area contributed by atoms with Crippen molar-refractivity contribution in [2.75, 3.05) is 0 Å². The monoisotopic (exact) mass is 324 g/mol. The third-order valence-corrected chi connectivity index (χ3v) is 4.14. The molecule has 0 amide bonds. The van der Waals surface area contributed by atoms with E-state index < -0.39 is 0 Å². The van der Waals surface area contributed by atoms with Crippen LogP contribution in [0.3, 0.4) is 0 Å². The lowest BCUT2D eigenvalue weighted by Gasteiger charge is -2.26. The van der Waals surface area contributed by atoms with Crippen LogP contribution in [0, 0.1) is 6.92 Å². The number of esters is 1. The Morgan fingerprint density at radius 3 is 1.92 bits per heavy atom. The summed E-state index contributed by atoms with van der Waals surface area (Å²) in [6.45, 7) is 15.0. The maximum Gasteiger partial charge on any atom is 0.343 e. The van der Waals surface area contributed by atoms with E-state index in [0.29, 0.717) is 11.3 Å².